The number of rotatable bonds is 6. The molecule has 3 rings (SSSR count). The van der Waals surface area contributed by atoms with Gasteiger partial charge in [0.1, 0.15) is 6.54 Å². The van der Waals surface area contributed by atoms with Crippen molar-refractivity contribution in [2.24, 2.45) is 5.92 Å². The summed E-state index contributed by atoms with van der Waals surface area (Å²) in [6.07, 6.45) is 1.13. The Morgan fingerprint density at radius 2 is 2.15 bits per heavy atom. The summed E-state index contributed by atoms with van der Waals surface area (Å²) in [5.74, 6) is 1.48. The second-order valence-electron chi connectivity index (χ2n) is 7.16. The molecule has 2 heterocycles. The molecular weight excluding hydrogens is 330 g/mol. The van der Waals surface area contributed by atoms with E-state index in [1.807, 2.05) is 30.3 Å². The van der Waals surface area contributed by atoms with Crippen molar-refractivity contribution in [1.82, 2.24) is 25.3 Å². The van der Waals surface area contributed by atoms with Gasteiger partial charge in [-0.1, -0.05) is 35.5 Å². The second-order valence-corrected chi connectivity index (χ2v) is 7.16. The first-order valence-electron chi connectivity index (χ1n) is 9.14. The molecule has 0 saturated carbocycles. The van der Waals surface area contributed by atoms with E-state index < -0.39 is 0 Å². The molecule has 2 aromatic rings. The van der Waals surface area contributed by atoms with Crippen LogP contribution < -0.4 is 5.32 Å². The average molecular weight is 357 g/mol. The van der Waals surface area contributed by atoms with Crippen LogP contribution in [0.4, 0.5) is 4.79 Å². The van der Waals surface area contributed by atoms with Crippen molar-refractivity contribution in [2.75, 3.05) is 26.7 Å². The first kappa shape index (κ1) is 18.4. The summed E-state index contributed by atoms with van der Waals surface area (Å²) >= 11 is 0. The number of likely N-dealkylation sites (tertiary alicyclic amines) is 1. The predicted molar refractivity (Wildman–Crippen MR) is 99.4 cm³/mol. The van der Waals surface area contributed by atoms with Gasteiger partial charge < -0.3 is 19.6 Å². The Morgan fingerprint density at radius 3 is 2.85 bits per heavy atom. The lowest BCUT2D eigenvalue weighted by Gasteiger charge is -2.21. The monoisotopic (exact) mass is 357 g/mol. The lowest BCUT2D eigenvalue weighted by molar-refractivity contribution is 0.197. The van der Waals surface area contributed by atoms with E-state index >= 15 is 0 Å². The van der Waals surface area contributed by atoms with Crippen LogP contribution in [0.2, 0.25) is 0 Å². The fourth-order valence-electron chi connectivity index (χ4n) is 3.16. The van der Waals surface area contributed by atoms with Crippen LogP contribution >= 0.6 is 0 Å². The van der Waals surface area contributed by atoms with Gasteiger partial charge in [0, 0.05) is 31.7 Å². The number of nitrogens with zero attached hydrogens (tertiary/aromatic N) is 4. The minimum absolute atomic E-state index is 0.118. The van der Waals surface area contributed by atoms with Gasteiger partial charge in [-0.3, -0.25) is 0 Å². The molecule has 7 nitrogen and oxygen atoms in total. The highest BCUT2D eigenvalue weighted by atomic mass is 16.5. The lowest BCUT2D eigenvalue weighted by Crippen LogP contribution is -2.40. The molecule has 0 radical (unpaired) electrons. The van der Waals surface area contributed by atoms with Gasteiger partial charge in [0.2, 0.25) is 11.7 Å². The molecule has 0 aliphatic carbocycles. The summed E-state index contributed by atoms with van der Waals surface area (Å²) in [5, 5.41) is 7.00. The number of urea groups is 1. The van der Waals surface area contributed by atoms with Crippen molar-refractivity contribution in [3.05, 3.63) is 36.2 Å². The van der Waals surface area contributed by atoms with E-state index in [9.17, 15) is 4.79 Å². The van der Waals surface area contributed by atoms with Gasteiger partial charge >= 0.3 is 6.03 Å². The molecule has 1 fully saturated rings. The summed E-state index contributed by atoms with van der Waals surface area (Å²) in [5.41, 5.74) is 0.894. The Labute approximate surface area is 154 Å². The Bertz CT molecular complexity index is 716. The Balaban J connectivity index is 1.47. The molecule has 140 valence electrons. The Kier molecular flexibility index (Phi) is 5.88. The fourth-order valence-corrected chi connectivity index (χ4v) is 3.16. The zero-order valence-electron chi connectivity index (χ0n) is 15.7. The van der Waals surface area contributed by atoms with E-state index in [4.69, 9.17) is 4.52 Å². The van der Waals surface area contributed by atoms with Crippen molar-refractivity contribution in [2.45, 2.75) is 32.9 Å². The summed E-state index contributed by atoms with van der Waals surface area (Å²) in [4.78, 5) is 20.7. The SMILES string of the molecule is CC(C)N1CC[C@@H](CNC(=O)N(C)Cc2nc(-c3ccccc3)no2)C1. The molecule has 0 spiro atoms. The number of aromatic nitrogens is 2. The molecule has 1 saturated heterocycles. The van der Waals surface area contributed by atoms with Gasteiger partial charge in [-0.2, -0.15) is 4.98 Å². The van der Waals surface area contributed by atoms with E-state index in [0.29, 0.717) is 30.2 Å². The topological polar surface area (TPSA) is 74.5 Å². The van der Waals surface area contributed by atoms with Gasteiger partial charge in [-0.15, -0.1) is 0 Å². The number of hydrogen-bond acceptors (Lipinski definition) is 5. The van der Waals surface area contributed by atoms with Crippen LogP contribution in [0.3, 0.4) is 0 Å². The number of amides is 2. The highest BCUT2D eigenvalue weighted by Gasteiger charge is 2.25. The molecule has 1 N–H and O–H groups in total. The number of nitrogens with one attached hydrogen (secondary N) is 1. The van der Waals surface area contributed by atoms with Gasteiger partial charge in [-0.25, -0.2) is 4.79 Å². The molecule has 1 atom stereocenters. The van der Waals surface area contributed by atoms with Crippen molar-refractivity contribution in [3.63, 3.8) is 0 Å². The van der Waals surface area contributed by atoms with Crippen LogP contribution in [-0.2, 0) is 6.54 Å². The quantitative estimate of drug-likeness (QED) is 0.860. The van der Waals surface area contributed by atoms with E-state index in [0.717, 1.165) is 25.1 Å². The van der Waals surface area contributed by atoms with Crippen LogP contribution in [-0.4, -0.2) is 58.7 Å². The summed E-state index contributed by atoms with van der Waals surface area (Å²) in [6.45, 7) is 7.57. The Morgan fingerprint density at radius 1 is 1.38 bits per heavy atom. The van der Waals surface area contributed by atoms with E-state index in [1.54, 1.807) is 11.9 Å². The van der Waals surface area contributed by atoms with Gasteiger partial charge in [0.25, 0.3) is 0 Å². The molecule has 26 heavy (non-hydrogen) atoms. The maximum atomic E-state index is 12.3. The maximum absolute atomic E-state index is 12.3. The summed E-state index contributed by atoms with van der Waals surface area (Å²) < 4.78 is 5.27. The standard InChI is InChI=1S/C19H27N5O2/c1-14(2)24-10-9-15(12-24)11-20-19(25)23(3)13-17-21-18(22-26-17)16-7-5-4-6-8-16/h4-8,14-15H,9-13H2,1-3H3,(H,20,25)/t15-/m0/s1. The normalized spacial score (nSPS) is 17.6. The molecule has 7 heteroatoms. The summed E-state index contributed by atoms with van der Waals surface area (Å²) in [6, 6.07) is 10.1. The van der Waals surface area contributed by atoms with Gasteiger partial charge in [-0.05, 0) is 32.7 Å². The van der Waals surface area contributed by atoms with E-state index in [-0.39, 0.29) is 12.6 Å². The number of carbonyl (C=O) groups excluding carboxylic acids is 1. The lowest BCUT2D eigenvalue weighted by atomic mass is 10.1. The van der Waals surface area contributed by atoms with Gasteiger partial charge in [0.15, 0.2) is 0 Å². The minimum atomic E-state index is -0.118. The highest BCUT2D eigenvalue weighted by Crippen LogP contribution is 2.18. The van der Waals surface area contributed by atoms with Gasteiger partial charge in [0.05, 0.1) is 0 Å². The van der Waals surface area contributed by atoms with Crippen molar-refractivity contribution in [1.29, 1.82) is 0 Å². The molecule has 0 bridgehead atoms. The van der Waals surface area contributed by atoms with E-state index in [2.05, 4.69) is 34.2 Å². The zero-order chi connectivity index (χ0) is 18.5. The molecule has 1 aliphatic heterocycles. The maximum Gasteiger partial charge on any atom is 0.317 e. The van der Waals surface area contributed by atoms with Crippen LogP contribution in [0.5, 0.6) is 0 Å². The van der Waals surface area contributed by atoms with Crippen LogP contribution in [0.1, 0.15) is 26.2 Å². The summed E-state index contributed by atoms with van der Waals surface area (Å²) in [7, 11) is 1.73. The average Bonchev–Trinajstić information content (AvgIpc) is 3.30. The molecule has 2 amide bonds. The molecule has 1 aromatic heterocycles. The van der Waals surface area contributed by atoms with Crippen LogP contribution in [0, 0.1) is 5.92 Å². The third-order valence-electron chi connectivity index (χ3n) is 4.81. The molecule has 0 unspecified atom stereocenters. The predicted octanol–water partition coefficient (Wildman–Crippen LogP) is 2.61. The second kappa shape index (κ2) is 8.31. The van der Waals surface area contributed by atoms with E-state index in [1.165, 1.54) is 0 Å². The number of carbonyl (C=O) groups is 1. The molecule has 1 aromatic carbocycles. The highest BCUT2D eigenvalue weighted by molar-refractivity contribution is 5.73. The van der Waals surface area contributed by atoms with Crippen molar-refractivity contribution < 1.29 is 9.32 Å². The first-order valence-corrected chi connectivity index (χ1v) is 9.14. The third kappa shape index (κ3) is 4.60. The fraction of sp³-hybridized carbons (Fsp3) is 0.526. The number of hydrogen-bond donors (Lipinski definition) is 1. The molecular formula is C19H27N5O2. The van der Waals surface area contributed by atoms with Crippen molar-refractivity contribution in [3.8, 4) is 11.4 Å². The minimum Gasteiger partial charge on any atom is -0.338 e. The number of benzene rings is 1. The molecule has 1 aliphatic rings. The van der Waals surface area contributed by atoms with Crippen LogP contribution in [0.25, 0.3) is 11.4 Å². The van der Waals surface area contributed by atoms with Crippen LogP contribution in [0.15, 0.2) is 34.9 Å². The van der Waals surface area contributed by atoms with Crippen molar-refractivity contribution >= 4 is 6.03 Å². The smallest absolute Gasteiger partial charge is 0.317 e. The zero-order valence-corrected chi connectivity index (χ0v) is 15.7. The third-order valence-corrected chi connectivity index (χ3v) is 4.81. The largest absolute Gasteiger partial charge is 0.338 e. The Hall–Kier alpha value is -2.41. The first-order chi connectivity index (χ1) is 12.5.